The fourth-order valence-electron chi connectivity index (χ4n) is 9.18. The summed E-state index contributed by atoms with van der Waals surface area (Å²) in [5.74, 6) is 1.12. The van der Waals surface area contributed by atoms with Crippen molar-refractivity contribution in [2.24, 2.45) is 11.8 Å². The summed E-state index contributed by atoms with van der Waals surface area (Å²) in [5, 5.41) is 0. The summed E-state index contributed by atoms with van der Waals surface area (Å²) in [6, 6.07) is 20.5. The second-order valence-corrected chi connectivity index (χ2v) is 21.8. The van der Waals surface area contributed by atoms with Crippen molar-refractivity contribution in [1.82, 2.24) is 0 Å². The zero-order valence-electron chi connectivity index (χ0n) is 27.3. The first-order valence-corrected chi connectivity index (χ1v) is 24.9. The monoisotopic (exact) mass is 708 g/mol. The van der Waals surface area contributed by atoms with Crippen molar-refractivity contribution in [1.29, 1.82) is 0 Å². The van der Waals surface area contributed by atoms with Gasteiger partial charge in [-0.1, -0.05) is 169 Å². The zero-order chi connectivity index (χ0) is 29.1. The Labute approximate surface area is 283 Å². The van der Waals surface area contributed by atoms with E-state index in [4.69, 9.17) is 17.0 Å². The average molecular weight is 711 g/mol. The van der Waals surface area contributed by atoms with E-state index in [0.717, 1.165) is 0 Å². The quantitative estimate of drug-likeness (QED) is 0.138. The van der Waals surface area contributed by atoms with E-state index in [1.54, 1.807) is 22.3 Å². The molecule has 0 saturated carbocycles. The van der Waals surface area contributed by atoms with Crippen molar-refractivity contribution in [3.63, 3.8) is 0 Å². The first-order valence-electron chi connectivity index (χ1n) is 15.7. The van der Waals surface area contributed by atoms with Crippen LogP contribution in [-0.4, -0.2) is 8.07 Å². The Morgan fingerprint density at radius 3 is 1.56 bits per heavy atom. The Morgan fingerprint density at radius 2 is 1.09 bits per heavy atom. The molecule has 0 aromatic heterocycles. The van der Waals surface area contributed by atoms with Crippen LogP contribution in [0.4, 0.5) is 0 Å². The number of hydrogen-bond acceptors (Lipinski definition) is 0. The van der Waals surface area contributed by atoms with E-state index in [0.29, 0.717) is 22.9 Å². The molecule has 0 amide bonds. The molecular weight excluding hydrogens is 659 g/mol. The van der Waals surface area contributed by atoms with Gasteiger partial charge >= 0.3 is 37.9 Å². The Morgan fingerprint density at radius 1 is 0.674 bits per heavy atom. The molecule has 0 saturated heterocycles. The van der Waals surface area contributed by atoms with Crippen LogP contribution >= 0.6 is 17.0 Å². The first kappa shape index (κ1) is 36.5. The molecule has 0 N–H and O–H groups in total. The van der Waals surface area contributed by atoms with Crippen LogP contribution in [0.2, 0.25) is 12.6 Å². The van der Waals surface area contributed by atoms with Gasteiger partial charge < -0.3 is 14.9 Å². The van der Waals surface area contributed by atoms with E-state index in [1.165, 1.54) is 44.6 Å². The van der Waals surface area contributed by atoms with Crippen LogP contribution in [0.15, 0.2) is 97.1 Å². The van der Waals surface area contributed by atoms with Crippen molar-refractivity contribution in [3.05, 3.63) is 134 Å². The molecule has 0 fully saturated rings. The summed E-state index contributed by atoms with van der Waals surface area (Å²) in [6.07, 6.45) is 27.8. The van der Waals surface area contributed by atoms with Crippen LogP contribution in [0.3, 0.4) is 0 Å². The summed E-state index contributed by atoms with van der Waals surface area (Å²) in [6.45, 7) is 10.2. The molecule has 4 heteroatoms. The molecular formula is C39H52Cl2SiZr. The third kappa shape index (κ3) is 6.52. The van der Waals surface area contributed by atoms with Gasteiger partial charge in [-0.3, -0.25) is 0 Å². The van der Waals surface area contributed by atoms with Gasteiger partial charge in [-0.2, -0.15) is 0 Å². The van der Waals surface area contributed by atoms with Crippen LogP contribution in [0.5, 0.6) is 0 Å². The molecule has 6 rings (SSSR count). The topological polar surface area (TPSA) is 0 Å². The number of hydrogen-bond donors (Lipinski definition) is 0. The van der Waals surface area contributed by atoms with Gasteiger partial charge in [0.05, 0.1) is 8.07 Å². The maximum absolute atomic E-state index is 4.93. The predicted octanol–water partition coefficient (Wildman–Crippen LogP) is 12.4. The van der Waals surface area contributed by atoms with Gasteiger partial charge in [0, 0.05) is 10.8 Å². The zero-order valence-corrected chi connectivity index (χ0v) is 32.2. The predicted molar refractivity (Wildman–Crippen MR) is 191 cm³/mol. The molecule has 6 atom stereocenters. The molecule has 0 spiro atoms. The van der Waals surface area contributed by atoms with Crippen LogP contribution in [0.1, 0.15) is 92.6 Å². The summed E-state index contributed by atoms with van der Waals surface area (Å²) >= 11 is -0.826. The molecule has 2 aromatic carbocycles. The number of fused-ring (bicyclic) bond motifs is 6. The Kier molecular flexibility index (Phi) is 13.2. The van der Waals surface area contributed by atoms with Crippen molar-refractivity contribution < 1.29 is 20.8 Å². The summed E-state index contributed by atoms with van der Waals surface area (Å²) in [4.78, 5) is 0. The van der Waals surface area contributed by atoms with Crippen molar-refractivity contribution >= 4 is 25.1 Å². The third-order valence-corrected chi connectivity index (χ3v) is 16.7. The molecule has 4 aliphatic carbocycles. The standard InChI is InChI=1S/C37H46Si.2CH3.2ClH.Zr/c1-5-6-7-8-9-18-27-38(4,34-28-19-10-12-21-30(28)36(2)25-16-14-23-32(34)36)35-29-20-11-13-22-31(29)37(3)26-17-15-24-33(35)37;;;;;/h10-17,19-26,32-35H,5-9,18,27H2,1-4H3;2*1H3;2*1H;/q;2*-1;;;+4/p-2. The number of rotatable bonds is 9. The second kappa shape index (κ2) is 15.6. The SMILES string of the molecule is CCCCCCCC[Si](C)(C1c2ccccc2C2(C)C=CC=CC12)C1c2ccccc2C2(C)C=CC=CC12.[CH3-].[CH3-].[Cl][Zr+2][Cl]. The molecule has 6 unspecified atom stereocenters. The summed E-state index contributed by atoms with van der Waals surface area (Å²) in [5.41, 5.74) is 8.00. The number of allylic oxidation sites excluding steroid dienone is 8. The molecule has 4 aliphatic rings. The van der Waals surface area contributed by atoms with Crippen molar-refractivity contribution in [2.75, 3.05) is 0 Å². The fourth-order valence-corrected chi connectivity index (χ4v) is 15.7. The van der Waals surface area contributed by atoms with Crippen LogP contribution < -0.4 is 0 Å². The van der Waals surface area contributed by atoms with Crippen LogP contribution in [0, 0.1) is 26.7 Å². The fraction of sp³-hybridized carbons (Fsp3) is 0.436. The molecule has 230 valence electrons. The molecule has 2 aromatic rings. The molecule has 43 heavy (non-hydrogen) atoms. The maximum atomic E-state index is 4.93. The Bertz CT molecular complexity index is 1240. The van der Waals surface area contributed by atoms with Gasteiger partial charge in [0.15, 0.2) is 0 Å². The molecule has 0 nitrogen and oxygen atoms in total. The van der Waals surface area contributed by atoms with E-state index in [1.807, 2.05) is 0 Å². The second-order valence-electron chi connectivity index (χ2n) is 13.3. The normalized spacial score (nSPS) is 29.8. The van der Waals surface area contributed by atoms with E-state index in [-0.39, 0.29) is 25.7 Å². The average Bonchev–Trinajstić information content (AvgIpc) is 3.42. The van der Waals surface area contributed by atoms with Crippen molar-refractivity contribution in [3.8, 4) is 0 Å². The number of halogens is 2. The van der Waals surface area contributed by atoms with Crippen LogP contribution in [0.25, 0.3) is 0 Å². The van der Waals surface area contributed by atoms with Gasteiger partial charge in [0.1, 0.15) is 0 Å². The van der Waals surface area contributed by atoms with Crippen molar-refractivity contribution in [2.45, 2.75) is 93.8 Å². The molecule has 0 bridgehead atoms. The van der Waals surface area contributed by atoms with E-state index in [2.05, 4.69) is 124 Å². The van der Waals surface area contributed by atoms with Gasteiger partial charge in [-0.05, 0) is 45.2 Å². The number of benzene rings is 2. The van der Waals surface area contributed by atoms with Gasteiger partial charge in [0.25, 0.3) is 0 Å². The molecule has 0 radical (unpaired) electrons. The van der Waals surface area contributed by atoms with Gasteiger partial charge in [-0.15, -0.1) is 0 Å². The van der Waals surface area contributed by atoms with Gasteiger partial charge in [-0.25, -0.2) is 0 Å². The van der Waals surface area contributed by atoms with E-state index in [9.17, 15) is 0 Å². The van der Waals surface area contributed by atoms with Crippen LogP contribution in [-0.2, 0) is 31.7 Å². The van der Waals surface area contributed by atoms with E-state index < -0.39 is 28.9 Å². The van der Waals surface area contributed by atoms with Gasteiger partial charge in [0.2, 0.25) is 0 Å². The molecule has 0 aliphatic heterocycles. The number of unbranched alkanes of at least 4 members (excludes halogenated alkanes) is 5. The minimum absolute atomic E-state index is 0. The Balaban J connectivity index is 0.000000973. The molecule has 0 heterocycles. The van der Waals surface area contributed by atoms with E-state index >= 15 is 0 Å². The minimum atomic E-state index is -1.94. The Hall–Kier alpha value is -0.920. The third-order valence-electron chi connectivity index (χ3n) is 11.1. The summed E-state index contributed by atoms with van der Waals surface area (Å²) < 4.78 is 0. The summed E-state index contributed by atoms with van der Waals surface area (Å²) in [7, 11) is 7.93. The first-order chi connectivity index (χ1) is 19.9.